The summed E-state index contributed by atoms with van der Waals surface area (Å²) in [4.78, 5) is 2.80. The Morgan fingerprint density at radius 1 is 1.11 bits per heavy atom. The van der Waals surface area contributed by atoms with Crippen LogP contribution in [0, 0.1) is 11.8 Å². The van der Waals surface area contributed by atoms with E-state index >= 15 is 0 Å². The first-order chi connectivity index (χ1) is 9.01. The lowest BCUT2D eigenvalue weighted by Gasteiger charge is -2.50. The molecule has 114 valence electrons. The summed E-state index contributed by atoms with van der Waals surface area (Å²) in [5, 5.41) is 3.88. The topological polar surface area (TPSA) is 15.3 Å². The van der Waals surface area contributed by atoms with Gasteiger partial charge in [-0.05, 0) is 24.7 Å². The van der Waals surface area contributed by atoms with Crippen LogP contribution in [-0.4, -0.2) is 36.1 Å². The van der Waals surface area contributed by atoms with Gasteiger partial charge in [-0.3, -0.25) is 4.90 Å². The lowest BCUT2D eigenvalue weighted by molar-refractivity contribution is 0.0351. The van der Waals surface area contributed by atoms with Gasteiger partial charge in [0, 0.05) is 31.2 Å². The third-order valence-electron chi connectivity index (χ3n) is 5.56. The summed E-state index contributed by atoms with van der Waals surface area (Å²) in [5.74, 6) is 1.61. The highest BCUT2D eigenvalue weighted by molar-refractivity contribution is 4.98. The zero-order chi connectivity index (χ0) is 14.5. The van der Waals surface area contributed by atoms with E-state index in [-0.39, 0.29) is 0 Å². The largest absolute Gasteiger partial charge is 0.308 e. The average Bonchev–Trinajstić information content (AvgIpc) is 2.46. The van der Waals surface area contributed by atoms with Gasteiger partial charge < -0.3 is 5.32 Å². The Labute approximate surface area is 121 Å². The van der Waals surface area contributed by atoms with E-state index in [2.05, 4.69) is 51.8 Å². The van der Waals surface area contributed by atoms with E-state index in [1.165, 1.54) is 45.3 Å². The minimum atomic E-state index is 0.359. The maximum Gasteiger partial charge on any atom is 0.0304 e. The van der Waals surface area contributed by atoms with Crippen LogP contribution in [0.25, 0.3) is 0 Å². The minimum Gasteiger partial charge on any atom is -0.308 e. The number of rotatable bonds is 7. The van der Waals surface area contributed by atoms with E-state index in [4.69, 9.17) is 0 Å². The first kappa shape index (κ1) is 17.0. The molecule has 1 aliphatic rings. The van der Waals surface area contributed by atoms with E-state index in [9.17, 15) is 0 Å². The van der Waals surface area contributed by atoms with Crippen molar-refractivity contribution in [2.75, 3.05) is 19.6 Å². The quantitative estimate of drug-likeness (QED) is 0.753. The Bertz CT molecular complexity index is 248. The highest BCUT2D eigenvalue weighted by atomic mass is 15.3. The van der Waals surface area contributed by atoms with Gasteiger partial charge in [0.1, 0.15) is 0 Å². The van der Waals surface area contributed by atoms with Crippen molar-refractivity contribution in [1.82, 2.24) is 10.2 Å². The summed E-state index contributed by atoms with van der Waals surface area (Å²) in [6.07, 6.45) is 5.07. The Morgan fingerprint density at radius 2 is 1.74 bits per heavy atom. The molecule has 2 nitrogen and oxygen atoms in total. The van der Waals surface area contributed by atoms with Gasteiger partial charge in [-0.1, -0.05) is 54.4 Å². The van der Waals surface area contributed by atoms with Gasteiger partial charge in [0.15, 0.2) is 0 Å². The molecule has 3 atom stereocenters. The second-order valence-corrected chi connectivity index (χ2v) is 6.76. The molecule has 0 bridgehead atoms. The standard InChI is InChI=1S/C17H36N2/c1-7-14(5)12-19-13-17(9-3,10-4)18-11-16(19)15(6)8-2/h14-16,18H,7-13H2,1-6H3. The molecule has 3 unspecified atom stereocenters. The van der Waals surface area contributed by atoms with E-state index in [0.717, 1.165) is 17.9 Å². The van der Waals surface area contributed by atoms with Crippen LogP contribution < -0.4 is 5.32 Å². The average molecular weight is 268 g/mol. The zero-order valence-corrected chi connectivity index (χ0v) is 14.1. The minimum absolute atomic E-state index is 0.359. The molecule has 0 aromatic rings. The van der Waals surface area contributed by atoms with Crippen LogP contribution in [0.15, 0.2) is 0 Å². The Morgan fingerprint density at radius 3 is 2.21 bits per heavy atom. The Balaban J connectivity index is 2.79. The van der Waals surface area contributed by atoms with Gasteiger partial charge >= 0.3 is 0 Å². The van der Waals surface area contributed by atoms with Crippen LogP contribution in [0.2, 0.25) is 0 Å². The molecule has 0 aromatic heterocycles. The predicted octanol–water partition coefficient (Wildman–Crippen LogP) is 3.91. The SMILES string of the molecule is CCC(C)CN1CC(CC)(CC)NCC1C(C)CC. The van der Waals surface area contributed by atoms with Crippen molar-refractivity contribution in [3.63, 3.8) is 0 Å². The van der Waals surface area contributed by atoms with Crippen molar-refractivity contribution < 1.29 is 0 Å². The molecule has 1 aliphatic heterocycles. The van der Waals surface area contributed by atoms with Gasteiger partial charge in [0.2, 0.25) is 0 Å². The molecule has 2 heteroatoms. The summed E-state index contributed by atoms with van der Waals surface area (Å²) in [6.45, 7) is 17.8. The second-order valence-electron chi connectivity index (χ2n) is 6.76. The summed E-state index contributed by atoms with van der Waals surface area (Å²) in [5.41, 5.74) is 0.359. The third-order valence-corrected chi connectivity index (χ3v) is 5.56. The van der Waals surface area contributed by atoms with E-state index in [1.54, 1.807) is 0 Å². The van der Waals surface area contributed by atoms with Gasteiger partial charge in [0.05, 0.1) is 0 Å². The highest BCUT2D eigenvalue weighted by Gasteiger charge is 2.38. The normalized spacial score (nSPS) is 27.2. The van der Waals surface area contributed by atoms with Crippen molar-refractivity contribution in [1.29, 1.82) is 0 Å². The zero-order valence-electron chi connectivity index (χ0n) is 14.1. The van der Waals surface area contributed by atoms with Gasteiger partial charge in [-0.15, -0.1) is 0 Å². The maximum absolute atomic E-state index is 3.88. The van der Waals surface area contributed by atoms with Crippen LogP contribution in [-0.2, 0) is 0 Å². The van der Waals surface area contributed by atoms with E-state index in [1.807, 2.05) is 0 Å². The third kappa shape index (κ3) is 4.19. The summed E-state index contributed by atoms with van der Waals surface area (Å²) in [6, 6.07) is 0.727. The molecule has 1 heterocycles. The van der Waals surface area contributed by atoms with Crippen molar-refractivity contribution in [3.05, 3.63) is 0 Å². The van der Waals surface area contributed by atoms with Gasteiger partial charge in [-0.25, -0.2) is 0 Å². The van der Waals surface area contributed by atoms with E-state index in [0.29, 0.717) is 5.54 Å². The summed E-state index contributed by atoms with van der Waals surface area (Å²) < 4.78 is 0. The molecule has 0 radical (unpaired) electrons. The second kappa shape index (κ2) is 7.64. The smallest absolute Gasteiger partial charge is 0.0304 e. The first-order valence-electron chi connectivity index (χ1n) is 8.50. The van der Waals surface area contributed by atoms with Crippen LogP contribution in [0.3, 0.4) is 0 Å². The summed E-state index contributed by atoms with van der Waals surface area (Å²) in [7, 11) is 0. The number of nitrogens with zero attached hydrogens (tertiary/aromatic N) is 1. The molecule has 0 spiro atoms. The fourth-order valence-corrected chi connectivity index (χ4v) is 3.30. The molecule has 0 saturated carbocycles. The fourth-order valence-electron chi connectivity index (χ4n) is 3.30. The predicted molar refractivity (Wildman–Crippen MR) is 85.6 cm³/mol. The van der Waals surface area contributed by atoms with Gasteiger partial charge in [-0.2, -0.15) is 0 Å². The summed E-state index contributed by atoms with van der Waals surface area (Å²) >= 11 is 0. The lowest BCUT2D eigenvalue weighted by Crippen LogP contribution is -2.65. The number of hydrogen-bond donors (Lipinski definition) is 1. The van der Waals surface area contributed by atoms with Gasteiger partial charge in [0.25, 0.3) is 0 Å². The molecule has 0 aliphatic carbocycles. The number of nitrogens with one attached hydrogen (secondary N) is 1. The molecule has 1 saturated heterocycles. The molecular weight excluding hydrogens is 232 g/mol. The monoisotopic (exact) mass is 268 g/mol. The highest BCUT2D eigenvalue weighted by Crippen LogP contribution is 2.27. The van der Waals surface area contributed by atoms with Crippen LogP contribution >= 0.6 is 0 Å². The molecule has 0 amide bonds. The number of hydrogen-bond acceptors (Lipinski definition) is 2. The van der Waals surface area contributed by atoms with Crippen molar-refractivity contribution in [2.24, 2.45) is 11.8 Å². The molecule has 1 N–H and O–H groups in total. The van der Waals surface area contributed by atoms with Crippen LogP contribution in [0.1, 0.15) is 67.2 Å². The molecule has 1 rings (SSSR count). The van der Waals surface area contributed by atoms with Crippen molar-refractivity contribution in [2.45, 2.75) is 78.8 Å². The lowest BCUT2D eigenvalue weighted by atomic mass is 9.84. The van der Waals surface area contributed by atoms with E-state index < -0.39 is 0 Å². The molecule has 0 aromatic carbocycles. The Hall–Kier alpha value is -0.0800. The fraction of sp³-hybridized carbons (Fsp3) is 1.00. The molecule has 1 fully saturated rings. The molecular formula is C17H36N2. The maximum atomic E-state index is 3.88. The van der Waals surface area contributed by atoms with Crippen molar-refractivity contribution >= 4 is 0 Å². The van der Waals surface area contributed by atoms with Crippen LogP contribution in [0.4, 0.5) is 0 Å². The first-order valence-corrected chi connectivity index (χ1v) is 8.50. The number of piperazine rings is 1. The molecule has 19 heavy (non-hydrogen) atoms. The van der Waals surface area contributed by atoms with Crippen LogP contribution in [0.5, 0.6) is 0 Å². The van der Waals surface area contributed by atoms with Crippen molar-refractivity contribution in [3.8, 4) is 0 Å². The Kier molecular flexibility index (Phi) is 6.82.